The smallest absolute Gasteiger partial charge is 0.272 e. The standard InChI is InChI=1S/C29H25N3O4/c1-20-12-15-25(18-27(20)32(34)35)21(2)30-31-29(33)24-16-13-22(14-17-24)19-36-28-11-7-6-10-26(28)23-8-4-3-5-9-23/h3-18H,19H2,1-2H3,(H,31,33)/b30-21-. The fourth-order valence-electron chi connectivity index (χ4n) is 3.66. The summed E-state index contributed by atoms with van der Waals surface area (Å²) in [5.74, 6) is 0.407. The van der Waals surface area contributed by atoms with Crippen molar-refractivity contribution in [1.29, 1.82) is 0 Å². The van der Waals surface area contributed by atoms with Crippen LogP contribution < -0.4 is 10.2 Å². The molecule has 4 aromatic rings. The minimum absolute atomic E-state index is 0.0116. The number of nitro benzene ring substituents is 1. The first-order valence-electron chi connectivity index (χ1n) is 11.4. The van der Waals surface area contributed by atoms with Crippen LogP contribution in [0.3, 0.4) is 0 Å². The summed E-state index contributed by atoms with van der Waals surface area (Å²) in [7, 11) is 0. The first kappa shape index (κ1) is 24.3. The summed E-state index contributed by atoms with van der Waals surface area (Å²) in [5, 5.41) is 15.3. The number of amides is 1. The van der Waals surface area contributed by atoms with Crippen molar-refractivity contribution in [3.63, 3.8) is 0 Å². The summed E-state index contributed by atoms with van der Waals surface area (Å²) >= 11 is 0. The maximum atomic E-state index is 12.5. The van der Waals surface area contributed by atoms with Gasteiger partial charge in [0.1, 0.15) is 12.4 Å². The molecule has 0 radical (unpaired) electrons. The van der Waals surface area contributed by atoms with Gasteiger partial charge in [0.2, 0.25) is 0 Å². The fraction of sp³-hybridized carbons (Fsp3) is 0.103. The summed E-state index contributed by atoms with van der Waals surface area (Å²) in [6.45, 7) is 3.71. The van der Waals surface area contributed by atoms with Gasteiger partial charge in [-0.1, -0.05) is 72.8 Å². The van der Waals surface area contributed by atoms with Crippen molar-refractivity contribution in [3.05, 3.63) is 129 Å². The summed E-state index contributed by atoms with van der Waals surface area (Å²) in [6, 6.07) is 29.8. The zero-order valence-corrected chi connectivity index (χ0v) is 20.0. The van der Waals surface area contributed by atoms with Gasteiger partial charge in [0, 0.05) is 28.3 Å². The largest absolute Gasteiger partial charge is 0.488 e. The zero-order valence-electron chi connectivity index (χ0n) is 20.0. The van der Waals surface area contributed by atoms with E-state index < -0.39 is 4.92 Å². The number of nitrogens with one attached hydrogen (secondary N) is 1. The molecule has 0 saturated heterocycles. The number of hydrogen-bond acceptors (Lipinski definition) is 5. The molecule has 4 rings (SSSR count). The molecular formula is C29H25N3O4. The van der Waals surface area contributed by atoms with E-state index in [9.17, 15) is 14.9 Å². The lowest BCUT2D eigenvalue weighted by Crippen LogP contribution is -2.19. The third-order valence-corrected chi connectivity index (χ3v) is 5.73. The van der Waals surface area contributed by atoms with Crippen LogP contribution in [0.1, 0.15) is 34.0 Å². The lowest BCUT2D eigenvalue weighted by molar-refractivity contribution is -0.385. The Labute approximate surface area is 209 Å². The molecular weight excluding hydrogens is 454 g/mol. The highest BCUT2D eigenvalue weighted by Crippen LogP contribution is 2.30. The second-order valence-electron chi connectivity index (χ2n) is 8.24. The van der Waals surface area contributed by atoms with Gasteiger partial charge in [0.25, 0.3) is 11.6 Å². The normalized spacial score (nSPS) is 11.1. The molecule has 0 bridgehead atoms. The Morgan fingerprint density at radius 3 is 2.31 bits per heavy atom. The van der Waals surface area contributed by atoms with Gasteiger partial charge in [-0.05, 0) is 43.2 Å². The number of nitrogens with zero attached hydrogens (tertiary/aromatic N) is 2. The van der Waals surface area contributed by atoms with Gasteiger partial charge < -0.3 is 4.74 Å². The first-order valence-corrected chi connectivity index (χ1v) is 11.4. The predicted molar refractivity (Wildman–Crippen MR) is 140 cm³/mol. The van der Waals surface area contributed by atoms with Gasteiger partial charge in [-0.15, -0.1) is 0 Å². The van der Waals surface area contributed by atoms with Gasteiger partial charge in [-0.3, -0.25) is 14.9 Å². The minimum atomic E-state index is -0.434. The Kier molecular flexibility index (Phi) is 7.51. The van der Waals surface area contributed by atoms with Crippen molar-refractivity contribution >= 4 is 17.3 Å². The quantitative estimate of drug-likeness (QED) is 0.182. The summed E-state index contributed by atoms with van der Waals surface area (Å²) in [4.78, 5) is 23.3. The van der Waals surface area contributed by atoms with Crippen molar-refractivity contribution in [2.45, 2.75) is 20.5 Å². The van der Waals surface area contributed by atoms with E-state index >= 15 is 0 Å². The number of nitro groups is 1. The Morgan fingerprint density at radius 2 is 1.58 bits per heavy atom. The monoisotopic (exact) mass is 479 g/mol. The van der Waals surface area contributed by atoms with Crippen LogP contribution in [-0.2, 0) is 6.61 Å². The van der Waals surface area contributed by atoms with Crippen molar-refractivity contribution in [2.24, 2.45) is 5.10 Å². The molecule has 180 valence electrons. The SMILES string of the molecule is C/C(=N/NC(=O)c1ccc(COc2ccccc2-c2ccccc2)cc1)c1ccc(C)c([N+](=O)[O-])c1. The highest BCUT2D eigenvalue weighted by atomic mass is 16.6. The second-order valence-corrected chi connectivity index (χ2v) is 8.24. The van der Waals surface area contributed by atoms with Gasteiger partial charge in [0.15, 0.2) is 0 Å². The van der Waals surface area contributed by atoms with E-state index in [-0.39, 0.29) is 11.6 Å². The van der Waals surface area contributed by atoms with Crippen LogP contribution in [0.2, 0.25) is 0 Å². The summed E-state index contributed by atoms with van der Waals surface area (Å²) in [6.07, 6.45) is 0. The number of hydrogen-bond donors (Lipinski definition) is 1. The average molecular weight is 480 g/mol. The summed E-state index contributed by atoms with van der Waals surface area (Å²) < 4.78 is 6.07. The number of carbonyl (C=O) groups excluding carboxylic acids is 1. The number of ether oxygens (including phenoxy) is 1. The molecule has 36 heavy (non-hydrogen) atoms. The zero-order chi connectivity index (χ0) is 25.5. The van der Waals surface area contributed by atoms with E-state index in [4.69, 9.17) is 4.74 Å². The maximum absolute atomic E-state index is 12.5. The molecule has 0 aliphatic carbocycles. The van der Waals surface area contributed by atoms with E-state index in [1.807, 2.05) is 66.7 Å². The van der Waals surface area contributed by atoms with Gasteiger partial charge in [0.05, 0.1) is 10.6 Å². The van der Waals surface area contributed by atoms with Crippen molar-refractivity contribution in [1.82, 2.24) is 5.43 Å². The van der Waals surface area contributed by atoms with Crippen LogP contribution in [0.5, 0.6) is 5.75 Å². The van der Waals surface area contributed by atoms with E-state index in [0.29, 0.717) is 29.0 Å². The topological polar surface area (TPSA) is 93.8 Å². The number of aryl methyl sites for hydroxylation is 1. The van der Waals surface area contributed by atoms with Crippen LogP contribution in [0.4, 0.5) is 5.69 Å². The van der Waals surface area contributed by atoms with Crippen LogP contribution in [0, 0.1) is 17.0 Å². The van der Waals surface area contributed by atoms with Crippen LogP contribution in [0.25, 0.3) is 11.1 Å². The first-order chi connectivity index (χ1) is 17.4. The van der Waals surface area contributed by atoms with Crippen LogP contribution in [0.15, 0.2) is 102 Å². The number of rotatable bonds is 8. The third-order valence-electron chi connectivity index (χ3n) is 5.73. The molecule has 0 spiro atoms. The van der Waals surface area contributed by atoms with Crippen molar-refractivity contribution in [2.75, 3.05) is 0 Å². The highest BCUT2D eigenvalue weighted by Gasteiger charge is 2.13. The van der Waals surface area contributed by atoms with Gasteiger partial charge in [-0.2, -0.15) is 5.10 Å². The molecule has 0 aliphatic heterocycles. The van der Waals surface area contributed by atoms with Gasteiger partial charge >= 0.3 is 0 Å². The fourth-order valence-corrected chi connectivity index (χ4v) is 3.66. The minimum Gasteiger partial charge on any atom is -0.488 e. The number of carbonyl (C=O) groups is 1. The Balaban J connectivity index is 1.39. The molecule has 1 N–H and O–H groups in total. The average Bonchev–Trinajstić information content (AvgIpc) is 2.91. The molecule has 0 saturated carbocycles. The van der Waals surface area contributed by atoms with E-state index in [1.165, 1.54) is 6.07 Å². The van der Waals surface area contributed by atoms with E-state index in [2.05, 4.69) is 10.5 Å². The van der Waals surface area contributed by atoms with Crippen molar-refractivity contribution in [3.8, 4) is 16.9 Å². The molecule has 0 aromatic heterocycles. The Bertz CT molecular complexity index is 1410. The highest BCUT2D eigenvalue weighted by molar-refractivity contribution is 6.01. The predicted octanol–water partition coefficient (Wildman–Crippen LogP) is 6.30. The number of benzene rings is 4. The molecule has 0 aliphatic rings. The van der Waals surface area contributed by atoms with Crippen molar-refractivity contribution < 1.29 is 14.5 Å². The Hall–Kier alpha value is -4.78. The van der Waals surface area contributed by atoms with Gasteiger partial charge in [-0.25, -0.2) is 5.43 Å². The third kappa shape index (κ3) is 5.82. The Morgan fingerprint density at radius 1 is 0.917 bits per heavy atom. The maximum Gasteiger partial charge on any atom is 0.272 e. The van der Waals surface area contributed by atoms with E-state index in [0.717, 1.165) is 22.4 Å². The molecule has 0 heterocycles. The lowest BCUT2D eigenvalue weighted by Gasteiger charge is -2.12. The molecule has 1 amide bonds. The molecule has 7 heteroatoms. The lowest BCUT2D eigenvalue weighted by atomic mass is 10.0. The van der Waals surface area contributed by atoms with Crippen LogP contribution in [-0.4, -0.2) is 16.5 Å². The second kappa shape index (κ2) is 11.1. The molecule has 4 aromatic carbocycles. The molecule has 0 fully saturated rings. The number of hydrazone groups is 1. The van der Waals surface area contributed by atoms with Crippen LogP contribution >= 0.6 is 0 Å². The molecule has 0 unspecified atom stereocenters. The molecule has 0 atom stereocenters. The van der Waals surface area contributed by atoms with E-state index in [1.54, 1.807) is 38.1 Å². The number of para-hydroxylation sites is 1. The molecule has 7 nitrogen and oxygen atoms in total. The summed E-state index contributed by atoms with van der Waals surface area (Å²) in [5.41, 5.74) is 7.57.